The maximum Gasteiger partial charge on any atom is 0.408 e. The normalized spacial score (nSPS) is 18.0. The Bertz CT molecular complexity index is 752. The van der Waals surface area contributed by atoms with Gasteiger partial charge in [0.15, 0.2) is 0 Å². The highest BCUT2D eigenvalue weighted by Crippen LogP contribution is 2.18. The molecule has 2 rings (SSSR count). The second-order valence-electron chi connectivity index (χ2n) is 8.18. The number of esters is 1. The molecule has 1 fully saturated rings. The van der Waals surface area contributed by atoms with Crippen molar-refractivity contribution < 1.29 is 23.9 Å². The quantitative estimate of drug-likeness (QED) is 0.540. The fourth-order valence-corrected chi connectivity index (χ4v) is 3.01. The highest BCUT2D eigenvalue weighted by atomic mass is 16.6. The molecule has 1 aromatic rings. The Balaban J connectivity index is 2.03. The first-order valence-corrected chi connectivity index (χ1v) is 9.81. The topological polar surface area (TPSA) is 93.7 Å². The highest BCUT2D eigenvalue weighted by Gasteiger charge is 2.28. The molecule has 7 heteroatoms. The molecule has 29 heavy (non-hydrogen) atoms. The molecule has 2 atom stereocenters. The van der Waals surface area contributed by atoms with Crippen LogP contribution in [0.4, 0.5) is 4.79 Å². The van der Waals surface area contributed by atoms with Gasteiger partial charge in [-0.15, -0.1) is 0 Å². The van der Waals surface area contributed by atoms with E-state index in [2.05, 4.69) is 10.6 Å². The molecule has 7 nitrogen and oxygen atoms in total. The van der Waals surface area contributed by atoms with Gasteiger partial charge in [-0.3, -0.25) is 4.79 Å². The summed E-state index contributed by atoms with van der Waals surface area (Å²) in [6.07, 6.45) is 2.11. The van der Waals surface area contributed by atoms with Gasteiger partial charge in [-0.25, -0.2) is 9.59 Å². The molecule has 2 N–H and O–H groups in total. The molecule has 1 saturated heterocycles. The Morgan fingerprint density at radius 2 is 1.97 bits per heavy atom. The summed E-state index contributed by atoms with van der Waals surface area (Å²) in [4.78, 5) is 36.5. The van der Waals surface area contributed by atoms with Crippen molar-refractivity contribution >= 4 is 18.0 Å². The molecule has 0 saturated carbocycles. The zero-order valence-corrected chi connectivity index (χ0v) is 17.5. The molecule has 2 amide bonds. The molecule has 0 aromatic heterocycles. The zero-order valence-electron chi connectivity index (χ0n) is 17.5. The SMILES string of the molecule is C/C(=C\[C@H](C[C@@H]1CCNC1=O)NC(=O)OC(C)(C)C)C(=O)OCc1ccccc1. The van der Waals surface area contributed by atoms with Crippen molar-refractivity contribution in [1.82, 2.24) is 10.6 Å². The summed E-state index contributed by atoms with van der Waals surface area (Å²) >= 11 is 0. The van der Waals surface area contributed by atoms with E-state index in [1.165, 1.54) is 0 Å². The van der Waals surface area contributed by atoms with Gasteiger partial charge in [0.25, 0.3) is 0 Å². The number of nitrogens with one attached hydrogen (secondary N) is 2. The molecular weight excluding hydrogens is 372 g/mol. The molecule has 158 valence electrons. The van der Waals surface area contributed by atoms with E-state index in [9.17, 15) is 14.4 Å². The van der Waals surface area contributed by atoms with Crippen LogP contribution in [0.3, 0.4) is 0 Å². The molecule has 1 aliphatic heterocycles. The second kappa shape index (κ2) is 10.1. The van der Waals surface area contributed by atoms with E-state index in [0.29, 0.717) is 25.0 Å². The van der Waals surface area contributed by atoms with Crippen LogP contribution in [0.5, 0.6) is 0 Å². The summed E-state index contributed by atoms with van der Waals surface area (Å²) in [6.45, 7) is 7.73. The van der Waals surface area contributed by atoms with E-state index in [1.807, 2.05) is 30.3 Å². The van der Waals surface area contributed by atoms with Gasteiger partial charge >= 0.3 is 12.1 Å². The van der Waals surface area contributed by atoms with E-state index >= 15 is 0 Å². The lowest BCUT2D eigenvalue weighted by atomic mass is 9.97. The van der Waals surface area contributed by atoms with Crippen LogP contribution in [0.15, 0.2) is 42.0 Å². The number of hydrogen-bond acceptors (Lipinski definition) is 5. The molecule has 0 spiro atoms. The number of amides is 2. The van der Waals surface area contributed by atoms with Crippen molar-refractivity contribution in [2.45, 2.75) is 58.8 Å². The largest absolute Gasteiger partial charge is 0.457 e. The standard InChI is InChI=1S/C22H30N2O5/c1-15(20(26)28-14-16-8-6-5-7-9-16)12-18(13-17-10-11-23-19(17)25)24-21(27)29-22(2,3)4/h5-9,12,17-18H,10-11,13-14H2,1-4H3,(H,23,25)(H,24,27)/b15-12+/t17-,18+/m0/s1. The molecular formula is C22H30N2O5. The van der Waals surface area contributed by atoms with Gasteiger partial charge in [0.05, 0.1) is 6.04 Å². The summed E-state index contributed by atoms with van der Waals surface area (Å²) in [5, 5.41) is 5.54. The van der Waals surface area contributed by atoms with Crippen molar-refractivity contribution in [3.05, 3.63) is 47.5 Å². The third-order valence-corrected chi connectivity index (χ3v) is 4.39. The smallest absolute Gasteiger partial charge is 0.408 e. The van der Waals surface area contributed by atoms with Crippen LogP contribution in [0.25, 0.3) is 0 Å². The Morgan fingerprint density at radius 1 is 1.28 bits per heavy atom. The zero-order chi connectivity index (χ0) is 21.4. The summed E-state index contributed by atoms with van der Waals surface area (Å²) in [6, 6.07) is 8.86. The Morgan fingerprint density at radius 3 is 2.55 bits per heavy atom. The monoisotopic (exact) mass is 402 g/mol. The number of alkyl carbamates (subject to hydrolysis) is 1. The highest BCUT2D eigenvalue weighted by molar-refractivity contribution is 5.88. The molecule has 0 radical (unpaired) electrons. The summed E-state index contributed by atoms with van der Waals surface area (Å²) in [5.41, 5.74) is 0.604. The van der Waals surface area contributed by atoms with Crippen molar-refractivity contribution in [3.63, 3.8) is 0 Å². The molecule has 0 bridgehead atoms. The first-order chi connectivity index (χ1) is 13.6. The fraction of sp³-hybridized carbons (Fsp3) is 0.500. The minimum Gasteiger partial charge on any atom is -0.457 e. The third-order valence-electron chi connectivity index (χ3n) is 4.39. The lowest BCUT2D eigenvalue weighted by Gasteiger charge is -2.23. The van der Waals surface area contributed by atoms with Crippen molar-refractivity contribution in [1.29, 1.82) is 0 Å². The Kier molecular flexibility index (Phi) is 7.82. The van der Waals surface area contributed by atoms with Crippen molar-refractivity contribution in [2.24, 2.45) is 5.92 Å². The van der Waals surface area contributed by atoms with E-state index in [1.54, 1.807) is 33.8 Å². The lowest BCUT2D eigenvalue weighted by Crippen LogP contribution is -2.40. The molecule has 1 aliphatic rings. The van der Waals surface area contributed by atoms with E-state index < -0.39 is 23.7 Å². The van der Waals surface area contributed by atoms with Gasteiger partial charge in [-0.2, -0.15) is 0 Å². The minimum atomic E-state index is -0.646. The van der Waals surface area contributed by atoms with Gasteiger partial charge < -0.3 is 20.1 Å². The predicted octanol–water partition coefficient (Wildman–Crippen LogP) is 3.10. The molecule has 0 aliphatic carbocycles. The first-order valence-electron chi connectivity index (χ1n) is 9.81. The number of ether oxygens (including phenoxy) is 2. The van der Waals surface area contributed by atoms with Crippen LogP contribution in [0.2, 0.25) is 0 Å². The maximum absolute atomic E-state index is 12.4. The maximum atomic E-state index is 12.4. The van der Waals surface area contributed by atoms with Crippen molar-refractivity contribution in [3.8, 4) is 0 Å². The number of carbonyl (C=O) groups is 3. The average molecular weight is 402 g/mol. The fourth-order valence-electron chi connectivity index (χ4n) is 3.01. The third kappa shape index (κ3) is 7.97. The van der Waals surface area contributed by atoms with Crippen molar-refractivity contribution in [2.75, 3.05) is 6.54 Å². The van der Waals surface area contributed by atoms with E-state index in [4.69, 9.17) is 9.47 Å². The number of carbonyl (C=O) groups excluding carboxylic acids is 3. The lowest BCUT2D eigenvalue weighted by molar-refractivity contribution is -0.140. The van der Waals surface area contributed by atoms with Crippen LogP contribution in [-0.2, 0) is 25.7 Å². The van der Waals surface area contributed by atoms with Gasteiger partial charge in [0, 0.05) is 18.0 Å². The van der Waals surface area contributed by atoms with Gasteiger partial charge in [-0.1, -0.05) is 36.4 Å². The molecule has 1 aromatic carbocycles. The first kappa shape index (κ1) is 22.5. The molecule has 0 unspecified atom stereocenters. The molecule has 1 heterocycles. The van der Waals surface area contributed by atoms with Gasteiger partial charge in [-0.05, 0) is 46.1 Å². The predicted molar refractivity (Wildman–Crippen MR) is 109 cm³/mol. The minimum absolute atomic E-state index is 0.0429. The average Bonchev–Trinajstić information content (AvgIpc) is 3.03. The Hall–Kier alpha value is -2.83. The van der Waals surface area contributed by atoms with Crippen LogP contribution < -0.4 is 10.6 Å². The number of rotatable bonds is 7. The summed E-state index contributed by atoms with van der Waals surface area (Å²) in [7, 11) is 0. The van der Waals surface area contributed by atoms with Crippen LogP contribution in [-0.4, -0.2) is 36.2 Å². The number of hydrogen-bond donors (Lipinski definition) is 2. The second-order valence-corrected chi connectivity index (χ2v) is 8.18. The summed E-state index contributed by atoms with van der Waals surface area (Å²) < 4.78 is 10.6. The van der Waals surface area contributed by atoms with Crippen LogP contribution in [0, 0.1) is 5.92 Å². The number of benzene rings is 1. The summed E-state index contributed by atoms with van der Waals surface area (Å²) in [5.74, 6) is -0.737. The van der Waals surface area contributed by atoms with Crippen LogP contribution in [0.1, 0.15) is 46.1 Å². The van der Waals surface area contributed by atoms with Gasteiger partial charge in [0.1, 0.15) is 12.2 Å². The van der Waals surface area contributed by atoms with E-state index in [-0.39, 0.29) is 18.4 Å². The van der Waals surface area contributed by atoms with E-state index in [0.717, 1.165) is 5.56 Å². The van der Waals surface area contributed by atoms with Crippen LogP contribution >= 0.6 is 0 Å². The Labute approximate surface area is 171 Å². The van der Waals surface area contributed by atoms with Gasteiger partial charge in [0.2, 0.25) is 5.91 Å².